The number of likely N-dealkylation sites (N-methyl/N-ethyl adjacent to an activating group) is 1. The van der Waals surface area contributed by atoms with Crippen LogP contribution in [0.1, 0.15) is 38.7 Å². The molecule has 0 fully saturated rings. The molecule has 1 N–H and O–H groups in total. The fraction of sp³-hybridized carbons (Fsp3) is 0.467. The lowest BCUT2D eigenvalue weighted by Gasteiger charge is -2.28. The summed E-state index contributed by atoms with van der Waals surface area (Å²) in [5.74, 6) is -1.05. The summed E-state index contributed by atoms with van der Waals surface area (Å²) in [6.07, 6.45) is 0.423. The highest BCUT2D eigenvalue weighted by Gasteiger charge is 2.28. The predicted molar refractivity (Wildman–Crippen MR) is 74.0 cm³/mol. The summed E-state index contributed by atoms with van der Waals surface area (Å²) < 4.78 is 0. The van der Waals surface area contributed by atoms with Gasteiger partial charge in [-0.1, -0.05) is 37.3 Å². The molecular formula is C15H21NO3. The van der Waals surface area contributed by atoms with Gasteiger partial charge in [0.25, 0.3) is 0 Å². The predicted octanol–water partition coefficient (Wildman–Crippen LogP) is 2.50. The SMILES string of the molecule is CCN(C(C)=O)C(CC(C)c1ccccc1)C(=O)O. The number of nitrogens with zero attached hydrogens (tertiary/aromatic N) is 1. The van der Waals surface area contributed by atoms with Crippen LogP contribution < -0.4 is 0 Å². The molecule has 1 rings (SSSR count). The summed E-state index contributed by atoms with van der Waals surface area (Å²) in [7, 11) is 0. The molecule has 1 aromatic rings. The molecule has 0 saturated carbocycles. The van der Waals surface area contributed by atoms with Gasteiger partial charge < -0.3 is 10.0 Å². The third-order valence-electron chi connectivity index (χ3n) is 3.35. The van der Waals surface area contributed by atoms with Crippen molar-refractivity contribution in [3.05, 3.63) is 35.9 Å². The minimum Gasteiger partial charge on any atom is -0.480 e. The second-order valence-corrected chi connectivity index (χ2v) is 4.71. The Morgan fingerprint density at radius 1 is 1.26 bits per heavy atom. The molecule has 0 heterocycles. The second-order valence-electron chi connectivity index (χ2n) is 4.71. The molecule has 0 aliphatic carbocycles. The summed E-state index contributed by atoms with van der Waals surface area (Å²) >= 11 is 0. The van der Waals surface area contributed by atoms with Crippen LogP contribution in [-0.4, -0.2) is 34.5 Å². The molecule has 1 aromatic carbocycles. The Morgan fingerprint density at radius 2 is 1.84 bits per heavy atom. The Bertz CT molecular complexity index is 430. The zero-order valence-electron chi connectivity index (χ0n) is 11.7. The van der Waals surface area contributed by atoms with E-state index in [1.807, 2.05) is 37.3 Å². The van der Waals surface area contributed by atoms with Crippen LogP contribution in [0.5, 0.6) is 0 Å². The Labute approximate surface area is 114 Å². The van der Waals surface area contributed by atoms with E-state index in [2.05, 4.69) is 0 Å². The van der Waals surface area contributed by atoms with Gasteiger partial charge in [0.05, 0.1) is 0 Å². The number of hydrogen-bond donors (Lipinski definition) is 1. The van der Waals surface area contributed by atoms with Crippen LogP contribution in [0.4, 0.5) is 0 Å². The van der Waals surface area contributed by atoms with Crippen LogP contribution in [0.3, 0.4) is 0 Å². The first kappa shape index (κ1) is 15.2. The van der Waals surface area contributed by atoms with Crippen LogP contribution in [0.2, 0.25) is 0 Å². The first-order valence-electron chi connectivity index (χ1n) is 6.52. The third kappa shape index (κ3) is 4.09. The molecule has 1 amide bonds. The zero-order valence-corrected chi connectivity index (χ0v) is 11.7. The van der Waals surface area contributed by atoms with E-state index in [1.165, 1.54) is 11.8 Å². The molecule has 2 unspecified atom stereocenters. The van der Waals surface area contributed by atoms with Crippen molar-refractivity contribution in [3.8, 4) is 0 Å². The number of amides is 1. The highest BCUT2D eigenvalue weighted by atomic mass is 16.4. The first-order valence-corrected chi connectivity index (χ1v) is 6.52. The fourth-order valence-electron chi connectivity index (χ4n) is 2.28. The molecule has 0 aliphatic rings. The fourth-order valence-corrected chi connectivity index (χ4v) is 2.28. The van der Waals surface area contributed by atoms with Crippen molar-refractivity contribution in [3.63, 3.8) is 0 Å². The molecule has 4 heteroatoms. The molecule has 0 aliphatic heterocycles. The van der Waals surface area contributed by atoms with Crippen molar-refractivity contribution in [2.45, 2.75) is 39.2 Å². The van der Waals surface area contributed by atoms with E-state index in [0.29, 0.717) is 13.0 Å². The van der Waals surface area contributed by atoms with E-state index < -0.39 is 12.0 Å². The molecule has 2 atom stereocenters. The van der Waals surface area contributed by atoms with Gasteiger partial charge in [0, 0.05) is 13.5 Å². The van der Waals surface area contributed by atoms with E-state index in [4.69, 9.17) is 0 Å². The lowest BCUT2D eigenvalue weighted by molar-refractivity contribution is -0.149. The van der Waals surface area contributed by atoms with E-state index in [0.717, 1.165) is 5.56 Å². The van der Waals surface area contributed by atoms with Gasteiger partial charge in [0.2, 0.25) is 5.91 Å². The van der Waals surface area contributed by atoms with Gasteiger partial charge >= 0.3 is 5.97 Å². The standard InChI is InChI=1S/C15H21NO3/c1-4-16(12(3)17)14(15(18)19)10-11(2)13-8-6-5-7-9-13/h5-9,11,14H,4,10H2,1-3H3,(H,18,19). The molecule has 19 heavy (non-hydrogen) atoms. The van der Waals surface area contributed by atoms with Crippen LogP contribution in [0.25, 0.3) is 0 Å². The molecule has 0 radical (unpaired) electrons. The van der Waals surface area contributed by atoms with Crippen LogP contribution >= 0.6 is 0 Å². The second kappa shape index (κ2) is 6.92. The maximum Gasteiger partial charge on any atom is 0.326 e. The van der Waals surface area contributed by atoms with Crippen LogP contribution in [0.15, 0.2) is 30.3 Å². The number of hydrogen-bond acceptors (Lipinski definition) is 2. The number of rotatable bonds is 6. The maximum absolute atomic E-state index is 11.5. The van der Waals surface area contributed by atoms with E-state index in [1.54, 1.807) is 6.92 Å². The molecular weight excluding hydrogens is 242 g/mol. The smallest absolute Gasteiger partial charge is 0.326 e. The Kier molecular flexibility index (Phi) is 5.55. The van der Waals surface area contributed by atoms with Gasteiger partial charge in [-0.25, -0.2) is 4.79 Å². The highest BCUT2D eigenvalue weighted by Crippen LogP contribution is 2.22. The van der Waals surface area contributed by atoms with Gasteiger partial charge in [-0.15, -0.1) is 0 Å². The van der Waals surface area contributed by atoms with Crippen molar-refractivity contribution >= 4 is 11.9 Å². The van der Waals surface area contributed by atoms with E-state index >= 15 is 0 Å². The van der Waals surface area contributed by atoms with E-state index in [9.17, 15) is 14.7 Å². The lowest BCUT2D eigenvalue weighted by atomic mass is 9.93. The summed E-state index contributed by atoms with van der Waals surface area (Å²) in [6.45, 7) is 5.60. The van der Waals surface area contributed by atoms with Gasteiger partial charge in [0.15, 0.2) is 0 Å². The van der Waals surface area contributed by atoms with Crippen LogP contribution in [-0.2, 0) is 9.59 Å². The lowest BCUT2D eigenvalue weighted by Crippen LogP contribution is -2.44. The third-order valence-corrected chi connectivity index (χ3v) is 3.35. The molecule has 0 saturated heterocycles. The minimum atomic E-state index is -0.945. The molecule has 0 bridgehead atoms. The van der Waals surface area contributed by atoms with Gasteiger partial charge in [-0.3, -0.25) is 4.79 Å². The normalized spacial score (nSPS) is 13.6. The van der Waals surface area contributed by atoms with Crippen molar-refractivity contribution in [2.24, 2.45) is 0 Å². The van der Waals surface area contributed by atoms with Crippen molar-refractivity contribution < 1.29 is 14.7 Å². The Hall–Kier alpha value is -1.84. The molecule has 0 aromatic heterocycles. The topological polar surface area (TPSA) is 57.6 Å². The molecule has 4 nitrogen and oxygen atoms in total. The number of aliphatic carboxylic acids is 1. The minimum absolute atomic E-state index is 0.0932. The average molecular weight is 263 g/mol. The largest absolute Gasteiger partial charge is 0.480 e. The van der Waals surface area contributed by atoms with Crippen molar-refractivity contribution in [1.82, 2.24) is 4.90 Å². The Balaban J connectivity index is 2.85. The summed E-state index contributed by atoms with van der Waals surface area (Å²) in [5, 5.41) is 9.33. The number of carboxylic acids is 1. The first-order chi connectivity index (χ1) is 8.97. The summed E-state index contributed by atoms with van der Waals surface area (Å²) in [5.41, 5.74) is 1.09. The van der Waals surface area contributed by atoms with E-state index in [-0.39, 0.29) is 11.8 Å². The quantitative estimate of drug-likeness (QED) is 0.858. The van der Waals surface area contributed by atoms with Crippen molar-refractivity contribution in [1.29, 1.82) is 0 Å². The monoisotopic (exact) mass is 263 g/mol. The van der Waals surface area contributed by atoms with Crippen molar-refractivity contribution in [2.75, 3.05) is 6.54 Å². The Morgan fingerprint density at radius 3 is 2.26 bits per heavy atom. The maximum atomic E-state index is 11.5. The highest BCUT2D eigenvalue weighted by molar-refractivity contribution is 5.82. The van der Waals surface area contributed by atoms with Gasteiger partial charge in [-0.05, 0) is 24.8 Å². The number of carboxylic acid groups (broad SMARTS) is 1. The summed E-state index contributed by atoms with van der Waals surface area (Å²) in [6, 6.07) is 8.99. The van der Waals surface area contributed by atoms with Crippen LogP contribution in [0, 0.1) is 0 Å². The number of benzene rings is 1. The molecule has 0 spiro atoms. The van der Waals surface area contributed by atoms with Gasteiger partial charge in [0.1, 0.15) is 6.04 Å². The number of carbonyl (C=O) groups is 2. The van der Waals surface area contributed by atoms with Gasteiger partial charge in [-0.2, -0.15) is 0 Å². The number of carbonyl (C=O) groups excluding carboxylic acids is 1. The average Bonchev–Trinajstić information content (AvgIpc) is 2.38. The summed E-state index contributed by atoms with van der Waals surface area (Å²) in [4.78, 5) is 24.3. The molecule has 104 valence electrons. The zero-order chi connectivity index (χ0) is 14.4.